The first-order valence-corrected chi connectivity index (χ1v) is 10.5. The van der Waals surface area contributed by atoms with Gasteiger partial charge in [0.05, 0.1) is 5.60 Å². The van der Waals surface area contributed by atoms with Crippen molar-refractivity contribution in [3.8, 4) is 23.4 Å². The minimum atomic E-state index is -0.309. The van der Waals surface area contributed by atoms with Crippen LogP contribution in [0.5, 0.6) is 0 Å². The largest absolute Gasteiger partial charge is 0.352 e. The van der Waals surface area contributed by atoms with Crippen LogP contribution in [0, 0.1) is 39.9 Å². The molecule has 4 atom stereocenters. The number of hydrogen-bond acceptors (Lipinski definition) is 6. The molecule has 1 heterocycles. The second-order valence-corrected chi connectivity index (χ2v) is 9.16. The Morgan fingerprint density at radius 3 is 2.43 bits per heavy atom. The summed E-state index contributed by atoms with van der Waals surface area (Å²) >= 11 is 0. The summed E-state index contributed by atoms with van der Waals surface area (Å²) < 4.78 is 6.64. The molecule has 0 bridgehead atoms. The maximum Gasteiger partial charge on any atom is 0.179 e. The molecule has 1 N–H and O–H groups in total. The lowest BCUT2D eigenvalue weighted by molar-refractivity contribution is -0.0563. The molecule has 6 heteroatoms. The minimum Gasteiger partial charge on any atom is -0.352 e. The fraction of sp³-hybridized carbons (Fsp3) is 0.500. The van der Waals surface area contributed by atoms with Crippen molar-refractivity contribution in [2.45, 2.75) is 58.8 Å². The van der Waals surface area contributed by atoms with Crippen molar-refractivity contribution >= 4 is 5.82 Å². The molecule has 2 saturated carbocycles. The van der Waals surface area contributed by atoms with Crippen molar-refractivity contribution in [1.82, 2.24) is 9.97 Å². The lowest BCUT2D eigenvalue weighted by atomic mass is 9.88. The molecule has 4 unspecified atom stereocenters. The van der Waals surface area contributed by atoms with Gasteiger partial charge in [-0.3, -0.25) is 0 Å². The topological polar surface area (TPSA) is 94.6 Å². The summed E-state index contributed by atoms with van der Waals surface area (Å²) in [6.07, 6.45) is 3.21. The Bertz CT molecular complexity index is 1040. The third-order valence-corrected chi connectivity index (χ3v) is 6.92. The zero-order chi connectivity index (χ0) is 21.5. The first kappa shape index (κ1) is 20.3. The average molecular weight is 402 g/mol. The Kier molecular flexibility index (Phi) is 5.00. The summed E-state index contributed by atoms with van der Waals surface area (Å²) in [5, 5.41) is 22.1. The highest BCUT2D eigenvalue weighted by atomic mass is 16.5. The summed E-state index contributed by atoms with van der Waals surface area (Å²) in [7, 11) is 0. The number of benzene rings is 1. The monoisotopic (exact) mass is 401 g/mol. The van der Waals surface area contributed by atoms with Crippen molar-refractivity contribution in [3.05, 3.63) is 41.7 Å². The van der Waals surface area contributed by atoms with Crippen molar-refractivity contribution in [3.63, 3.8) is 0 Å². The molecular weight excluding hydrogens is 374 g/mol. The van der Waals surface area contributed by atoms with Gasteiger partial charge in [0.15, 0.2) is 17.2 Å². The average Bonchev–Trinajstić information content (AvgIpc) is 3.20. The standard InChI is InChI=1S/C24H27N5O/c1-15-10-11-20-23(3,4)24(20,12-15)30-16(2)27-22-21(17-8-6-5-7-9-17)28-18(13-25)19(14-26)29-22/h5-9,15-16,20H,10-12H2,1-4H3,(H,27,29). The van der Waals surface area contributed by atoms with Crippen LogP contribution >= 0.6 is 0 Å². The maximum absolute atomic E-state index is 9.41. The molecule has 2 aliphatic carbocycles. The molecule has 0 spiro atoms. The van der Waals surface area contributed by atoms with Crippen LogP contribution in [0.3, 0.4) is 0 Å². The van der Waals surface area contributed by atoms with Gasteiger partial charge in [0, 0.05) is 5.56 Å². The molecule has 154 valence electrons. The molecule has 1 aromatic heterocycles. The molecule has 0 aliphatic heterocycles. The van der Waals surface area contributed by atoms with Crippen molar-refractivity contribution in [2.24, 2.45) is 17.3 Å². The van der Waals surface area contributed by atoms with Gasteiger partial charge < -0.3 is 10.1 Å². The lowest BCUT2D eigenvalue weighted by Crippen LogP contribution is -2.35. The zero-order valence-electron chi connectivity index (χ0n) is 17.9. The van der Waals surface area contributed by atoms with E-state index in [1.54, 1.807) is 0 Å². The highest BCUT2D eigenvalue weighted by Crippen LogP contribution is 2.71. The molecule has 0 saturated heterocycles. The van der Waals surface area contributed by atoms with Crippen molar-refractivity contribution in [1.29, 1.82) is 10.5 Å². The molecular formula is C24H27N5O. The highest BCUT2D eigenvalue weighted by Gasteiger charge is 2.73. The molecule has 0 radical (unpaired) electrons. The van der Waals surface area contributed by atoms with E-state index in [2.05, 4.69) is 36.1 Å². The molecule has 0 amide bonds. The third-order valence-electron chi connectivity index (χ3n) is 6.92. The van der Waals surface area contributed by atoms with Crippen LogP contribution in [-0.4, -0.2) is 21.8 Å². The van der Waals surface area contributed by atoms with E-state index in [0.29, 0.717) is 23.3 Å². The van der Waals surface area contributed by atoms with Crippen LogP contribution < -0.4 is 5.32 Å². The van der Waals surface area contributed by atoms with E-state index in [-0.39, 0.29) is 28.6 Å². The summed E-state index contributed by atoms with van der Waals surface area (Å²) in [4.78, 5) is 8.86. The first-order valence-electron chi connectivity index (χ1n) is 10.5. The molecule has 1 aromatic carbocycles. The molecule has 2 aromatic rings. The Balaban J connectivity index is 1.64. The third kappa shape index (κ3) is 3.22. The number of hydrogen-bond donors (Lipinski definition) is 1. The maximum atomic E-state index is 9.41. The van der Waals surface area contributed by atoms with E-state index in [0.717, 1.165) is 12.0 Å². The SMILES string of the molecule is CC1CCC2C(C)(C)C2(OC(C)Nc2nc(C#N)c(C#N)nc2-c2ccccc2)C1. The number of rotatable bonds is 5. The van der Waals surface area contributed by atoms with Gasteiger partial charge in [-0.15, -0.1) is 0 Å². The van der Waals surface area contributed by atoms with Gasteiger partial charge >= 0.3 is 0 Å². The van der Waals surface area contributed by atoms with Gasteiger partial charge in [0.25, 0.3) is 0 Å². The number of aromatic nitrogens is 2. The Hall–Kier alpha value is -2.96. The second-order valence-electron chi connectivity index (χ2n) is 9.16. The number of nitriles is 2. The van der Waals surface area contributed by atoms with Crippen molar-refractivity contribution < 1.29 is 4.74 Å². The Labute approximate surface area is 177 Å². The van der Waals surface area contributed by atoms with Crippen LogP contribution in [0.2, 0.25) is 0 Å². The predicted octanol–water partition coefficient (Wildman–Crippen LogP) is 4.88. The van der Waals surface area contributed by atoms with Gasteiger partial charge in [-0.25, -0.2) is 9.97 Å². The van der Waals surface area contributed by atoms with Crippen LogP contribution in [0.15, 0.2) is 30.3 Å². The molecule has 2 fully saturated rings. The van der Waals surface area contributed by atoms with E-state index >= 15 is 0 Å². The van der Waals surface area contributed by atoms with Gasteiger partial charge in [-0.05, 0) is 37.0 Å². The van der Waals surface area contributed by atoms with Crippen LogP contribution in [0.25, 0.3) is 11.3 Å². The number of anilines is 1. The number of nitrogens with zero attached hydrogens (tertiary/aromatic N) is 4. The van der Waals surface area contributed by atoms with Crippen LogP contribution in [0.1, 0.15) is 58.3 Å². The quantitative estimate of drug-likeness (QED) is 0.718. The Morgan fingerprint density at radius 1 is 1.10 bits per heavy atom. The number of nitrogens with one attached hydrogen (secondary N) is 1. The smallest absolute Gasteiger partial charge is 0.179 e. The normalized spacial score (nSPS) is 27.3. The summed E-state index contributed by atoms with van der Waals surface area (Å²) in [6.45, 7) is 8.87. The van der Waals surface area contributed by atoms with Crippen molar-refractivity contribution in [2.75, 3.05) is 5.32 Å². The fourth-order valence-corrected chi connectivity index (χ4v) is 5.30. The Morgan fingerprint density at radius 2 is 1.77 bits per heavy atom. The highest BCUT2D eigenvalue weighted by molar-refractivity contribution is 5.72. The molecule has 30 heavy (non-hydrogen) atoms. The van der Waals surface area contributed by atoms with Crippen LogP contribution in [-0.2, 0) is 4.74 Å². The van der Waals surface area contributed by atoms with Gasteiger partial charge in [0.2, 0.25) is 0 Å². The van der Waals surface area contributed by atoms with Gasteiger partial charge in [-0.2, -0.15) is 10.5 Å². The first-order chi connectivity index (χ1) is 14.3. The van der Waals surface area contributed by atoms with E-state index in [4.69, 9.17) is 4.74 Å². The number of ether oxygens (including phenoxy) is 1. The minimum absolute atomic E-state index is 0.0148. The van der Waals surface area contributed by atoms with E-state index < -0.39 is 0 Å². The summed E-state index contributed by atoms with van der Waals surface area (Å²) in [5.41, 5.74) is 1.45. The van der Waals surface area contributed by atoms with Gasteiger partial charge in [-0.1, -0.05) is 57.5 Å². The van der Waals surface area contributed by atoms with Gasteiger partial charge in [0.1, 0.15) is 24.1 Å². The predicted molar refractivity (Wildman–Crippen MR) is 114 cm³/mol. The second kappa shape index (κ2) is 7.38. The van der Waals surface area contributed by atoms with E-state index in [9.17, 15) is 10.5 Å². The molecule has 2 aliphatic rings. The molecule has 6 nitrogen and oxygen atoms in total. The zero-order valence-corrected chi connectivity index (χ0v) is 17.9. The van der Waals surface area contributed by atoms with E-state index in [1.807, 2.05) is 49.4 Å². The lowest BCUT2D eigenvalue weighted by Gasteiger charge is -2.31. The fourth-order valence-electron chi connectivity index (χ4n) is 5.30. The summed E-state index contributed by atoms with van der Waals surface area (Å²) in [6, 6.07) is 13.5. The van der Waals surface area contributed by atoms with E-state index in [1.165, 1.54) is 12.8 Å². The van der Waals surface area contributed by atoms with Crippen LogP contribution in [0.4, 0.5) is 5.82 Å². The number of fused-ring (bicyclic) bond motifs is 1. The summed E-state index contributed by atoms with van der Waals surface area (Å²) in [5.74, 6) is 1.68. The molecule has 4 rings (SSSR count).